The van der Waals surface area contributed by atoms with Gasteiger partial charge in [-0.3, -0.25) is 0 Å². The first kappa shape index (κ1) is 30.7. The van der Waals surface area contributed by atoms with Crippen molar-refractivity contribution in [2.45, 2.75) is 12.0 Å². The topological polar surface area (TPSA) is 30.9 Å². The molecule has 254 valence electrons. The summed E-state index contributed by atoms with van der Waals surface area (Å²) in [6.45, 7) is 0.734. The van der Waals surface area contributed by atoms with Gasteiger partial charge in [0, 0.05) is 39.6 Å². The molecule has 0 bridgehead atoms. The number of nitrogen functional groups attached to an aromatic ring is 1. The molecule has 2 nitrogen and oxygen atoms in total. The van der Waals surface area contributed by atoms with Gasteiger partial charge in [0.05, 0.1) is 5.41 Å². The Kier molecular flexibility index (Phi) is 6.72. The van der Waals surface area contributed by atoms with Crippen LogP contribution in [0, 0.1) is 0 Å². The zero-order valence-electron chi connectivity index (χ0n) is 29.7. The number of allylic oxidation sites excluding steroid dienone is 1. The van der Waals surface area contributed by atoms with Crippen LogP contribution in [0.25, 0.3) is 60.8 Å². The number of hydrogen-bond acceptors (Lipinski definition) is 1. The van der Waals surface area contributed by atoms with Gasteiger partial charge in [-0.05, 0) is 97.1 Å². The molecule has 2 aliphatic carbocycles. The highest BCUT2D eigenvalue weighted by molar-refractivity contribution is 6.10. The molecule has 54 heavy (non-hydrogen) atoms. The van der Waals surface area contributed by atoms with Crippen molar-refractivity contribution in [2.75, 3.05) is 5.73 Å². The van der Waals surface area contributed by atoms with Crippen molar-refractivity contribution >= 4 is 33.1 Å². The van der Waals surface area contributed by atoms with E-state index in [1.807, 2.05) is 6.07 Å². The van der Waals surface area contributed by atoms with Crippen LogP contribution in [0.15, 0.2) is 194 Å². The van der Waals surface area contributed by atoms with Crippen LogP contribution in [0.2, 0.25) is 0 Å². The van der Waals surface area contributed by atoms with Crippen LogP contribution in [-0.4, -0.2) is 4.57 Å². The maximum absolute atomic E-state index is 6.63. The number of rotatable bonds is 5. The first-order valence-electron chi connectivity index (χ1n) is 18.8. The number of nitrogens with two attached hydrogens (primary N) is 1. The van der Waals surface area contributed by atoms with E-state index in [0.29, 0.717) is 0 Å². The number of para-hydroxylation sites is 1. The maximum atomic E-state index is 6.63. The number of anilines is 1. The first-order valence-corrected chi connectivity index (χ1v) is 18.8. The van der Waals surface area contributed by atoms with Crippen LogP contribution < -0.4 is 5.73 Å². The van der Waals surface area contributed by atoms with Gasteiger partial charge in [0.2, 0.25) is 0 Å². The third kappa shape index (κ3) is 4.28. The van der Waals surface area contributed by atoms with E-state index in [1.165, 1.54) is 88.6 Å². The van der Waals surface area contributed by atoms with Crippen LogP contribution >= 0.6 is 0 Å². The highest BCUT2D eigenvalue weighted by atomic mass is 15.0. The maximum Gasteiger partial charge on any atom is 0.0713 e. The SMILES string of the molecule is Nc1cccc2c1/C(=C\Cn1c3ccccc3c3cc(-c4ccc5c(c4)-c4ccccc4C5(c4ccccc4)c4ccccc4)ccc31)c1ccccc1-2. The predicted molar refractivity (Wildman–Crippen MR) is 226 cm³/mol. The Bertz CT molecular complexity index is 2930. The number of nitrogens with zero attached hydrogens (tertiary/aromatic N) is 1. The smallest absolute Gasteiger partial charge is 0.0713 e. The van der Waals surface area contributed by atoms with Crippen LogP contribution in [0.5, 0.6) is 0 Å². The second-order valence-corrected chi connectivity index (χ2v) is 14.6. The fraction of sp³-hybridized carbons (Fsp3) is 0.0385. The van der Waals surface area contributed by atoms with Crippen LogP contribution in [0.4, 0.5) is 5.69 Å². The normalized spacial score (nSPS) is 14.3. The van der Waals surface area contributed by atoms with Crippen molar-refractivity contribution in [1.29, 1.82) is 0 Å². The van der Waals surface area contributed by atoms with E-state index in [-0.39, 0.29) is 0 Å². The molecule has 0 unspecified atom stereocenters. The summed E-state index contributed by atoms with van der Waals surface area (Å²) >= 11 is 0. The van der Waals surface area contributed by atoms with E-state index >= 15 is 0 Å². The van der Waals surface area contributed by atoms with E-state index in [9.17, 15) is 0 Å². The van der Waals surface area contributed by atoms with Gasteiger partial charge in [0.25, 0.3) is 0 Å². The van der Waals surface area contributed by atoms with Crippen molar-refractivity contribution in [3.05, 3.63) is 228 Å². The zero-order chi connectivity index (χ0) is 35.8. The summed E-state index contributed by atoms with van der Waals surface area (Å²) in [6, 6.07) is 68.9. The minimum absolute atomic E-state index is 0.399. The molecular formula is C52H36N2. The lowest BCUT2D eigenvalue weighted by Gasteiger charge is -2.33. The molecule has 1 aromatic heterocycles. The van der Waals surface area contributed by atoms with Gasteiger partial charge >= 0.3 is 0 Å². The van der Waals surface area contributed by atoms with E-state index < -0.39 is 5.41 Å². The lowest BCUT2D eigenvalue weighted by Crippen LogP contribution is -2.28. The van der Waals surface area contributed by atoms with Gasteiger partial charge in [-0.15, -0.1) is 0 Å². The Balaban J connectivity index is 1.06. The number of aromatic nitrogens is 1. The highest BCUT2D eigenvalue weighted by Crippen LogP contribution is 2.56. The molecule has 8 aromatic carbocycles. The fourth-order valence-electron chi connectivity index (χ4n) is 9.64. The van der Waals surface area contributed by atoms with Crippen molar-refractivity contribution < 1.29 is 0 Å². The van der Waals surface area contributed by atoms with Gasteiger partial charge in [-0.25, -0.2) is 0 Å². The lowest BCUT2D eigenvalue weighted by atomic mass is 9.67. The van der Waals surface area contributed by atoms with Crippen molar-refractivity contribution in [1.82, 2.24) is 4.57 Å². The van der Waals surface area contributed by atoms with E-state index in [2.05, 4.69) is 193 Å². The average molecular weight is 689 g/mol. The van der Waals surface area contributed by atoms with E-state index in [0.717, 1.165) is 17.8 Å². The van der Waals surface area contributed by atoms with E-state index in [4.69, 9.17) is 5.73 Å². The van der Waals surface area contributed by atoms with Gasteiger partial charge in [-0.1, -0.05) is 164 Å². The monoisotopic (exact) mass is 688 g/mol. The molecule has 0 saturated carbocycles. The molecule has 0 spiro atoms. The molecule has 0 atom stereocenters. The van der Waals surface area contributed by atoms with Crippen molar-refractivity contribution in [3.8, 4) is 33.4 Å². The zero-order valence-corrected chi connectivity index (χ0v) is 29.7. The van der Waals surface area contributed by atoms with Crippen molar-refractivity contribution in [3.63, 3.8) is 0 Å². The standard InChI is InChI=1S/C52H36N2/c53-48-24-13-22-42-38-18-7-8-19-39(38)43(51(42)48)30-31-54-49-25-12-10-21-41(49)45-33-35(27-29-50(45)54)34-26-28-47-44(32-34)40-20-9-11-23-46(40)52(47,36-14-3-1-4-15-36)37-16-5-2-6-17-37/h1-30,32-33H,31,53H2/b43-30-. The molecule has 0 fully saturated rings. The molecule has 9 aromatic rings. The third-order valence-corrected chi connectivity index (χ3v) is 11.9. The summed E-state index contributed by atoms with van der Waals surface area (Å²) < 4.78 is 2.45. The molecule has 11 rings (SSSR count). The van der Waals surface area contributed by atoms with E-state index in [1.54, 1.807) is 0 Å². The number of fused-ring (bicyclic) bond motifs is 9. The molecule has 2 N–H and O–H groups in total. The second kappa shape index (κ2) is 11.8. The van der Waals surface area contributed by atoms with Gasteiger partial charge in [0.15, 0.2) is 0 Å². The second-order valence-electron chi connectivity index (χ2n) is 14.6. The molecule has 0 radical (unpaired) electrons. The van der Waals surface area contributed by atoms with Crippen molar-refractivity contribution in [2.24, 2.45) is 0 Å². The Labute approximate surface area is 315 Å². The fourth-order valence-corrected chi connectivity index (χ4v) is 9.64. The lowest BCUT2D eigenvalue weighted by molar-refractivity contribution is 0.768. The summed E-state index contributed by atoms with van der Waals surface area (Å²) in [5.74, 6) is 0. The van der Waals surface area contributed by atoms with Gasteiger partial charge in [-0.2, -0.15) is 0 Å². The van der Waals surface area contributed by atoms with Gasteiger partial charge < -0.3 is 10.3 Å². The van der Waals surface area contributed by atoms with Crippen LogP contribution in [-0.2, 0) is 12.0 Å². The average Bonchev–Trinajstić information content (AvgIpc) is 3.85. The quantitative estimate of drug-likeness (QED) is 0.179. The number of hydrogen-bond donors (Lipinski definition) is 1. The third-order valence-electron chi connectivity index (χ3n) is 11.9. The molecular weight excluding hydrogens is 653 g/mol. The summed E-state index contributed by atoms with van der Waals surface area (Å²) in [5, 5.41) is 2.52. The molecule has 2 aliphatic rings. The molecule has 1 heterocycles. The largest absolute Gasteiger partial charge is 0.398 e. The minimum atomic E-state index is -0.399. The summed E-state index contributed by atoms with van der Waals surface area (Å²) in [6.07, 6.45) is 2.37. The first-order chi connectivity index (χ1) is 26.7. The predicted octanol–water partition coefficient (Wildman–Crippen LogP) is 12.5. The molecule has 2 heteroatoms. The highest BCUT2D eigenvalue weighted by Gasteiger charge is 2.46. The van der Waals surface area contributed by atoms with Gasteiger partial charge in [0.1, 0.15) is 0 Å². The Hall–Kier alpha value is -6.90. The molecule has 0 saturated heterocycles. The summed E-state index contributed by atoms with van der Waals surface area (Å²) in [7, 11) is 0. The number of benzene rings is 8. The summed E-state index contributed by atoms with van der Waals surface area (Å²) in [4.78, 5) is 0. The molecule has 0 aliphatic heterocycles. The Morgan fingerprint density at radius 1 is 0.444 bits per heavy atom. The minimum Gasteiger partial charge on any atom is -0.398 e. The summed E-state index contributed by atoms with van der Waals surface area (Å²) in [5.41, 5.74) is 25.8. The Morgan fingerprint density at radius 3 is 1.83 bits per heavy atom. The Morgan fingerprint density at radius 2 is 1.04 bits per heavy atom. The van der Waals surface area contributed by atoms with Crippen LogP contribution in [0.3, 0.4) is 0 Å². The molecule has 0 amide bonds. The van der Waals surface area contributed by atoms with Crippen LogP contribution in [0.1, 0.15) is 33.4 Å².